The van der Waals surface area contributed by atoms with Crippen LogP contribution < -0.4 is 15.0 Å². The van der Waals surface area contributed by atoms with E-state index >= 15 is 0 Å². The second kappa shape index (κ2) is 8.16. The minimum absolute atomic E-state index is 0.205. The lowest BCUT2D eigenvalue weighted by Crippen LogP contribution is -2.24. The summed E-state index contributed by atoms with van der Waals surface area (Å²) in [5.41, 5.74) is 2.17. The fraction of sp³-hybridized carbons (Fsp3) is 0.250. The molecule has 0 saturated carbocycles. The molecule has 8 heteroatoms. The number of nitrogens with one attached hydrogen (secondary N) is 1. The summed E-state index contributed by atoms with van der Waals surface area (Å²) in [6.07, 6.45) is 3.97. The molecular weight excluding hydrogens is 396 g/mol. The molecule has 0 spiro atoms. The van der Waals surface area contributed by atoms with Crippen molar-refractivity contribution in [1.82, 2.24) is 9.97 Å². The highest BCUT2D eigenvalue weighted by Gasteiger charge is 2.21. The molecule has 6 nitrogen and oxygen atoms in total. The number of thiazole rings is 1. The summed E-state index contributed by atoms with van der Waals surface area (Å²) in [5.74, 6) is 1.14. The molecule has 1 aromatic carbocycles. The van der Waals surface area contributed by atoms with Crippen molar-refractivity contribution in [3.05, 3.63) is 52.5 Å². The van der Waals surface area contributed by atoms with E-state index in [2.05, 4.69) is 20.2 Å². The number of hydrogen-bond acceptors (Lipinski definition) is 6. The first-order valence-electron chi connectivity index (χ1n) is 8.96. The van der Waals surface area contributed by atoms with Crippen LogP contribution in [0, 0.1) is 0 Å². The van der Waals surface area contributed by atoms with Crippen LogP contribution in [0.3, 0.4) is 0 Å². The number of carbonyl (C=O) groups is 1. The number of halogens is 1. The number of ether oxygens (including phenoxy) is 1. The largest absolute Gasteiger partial charge is 0.495 e. The number of pyridine rings is 1. The normalized spacial score (nSPS) is 13.6. The molecule has 1 saturated heterocycles. The average molecular weight is 415 g/mol. The molecule has 2 aromatic heterocycles. The molecule has 1 amide bonds. The number of nitrogens with zero attached hydrogens (tertiary/aromatic N) is 3. The molecule has 4 rings (SSSR count). The van der Waals surface area contributed by atoms with Crippen molar-refractivity contribution in [2.24, 2.45) is 0 Å². The van der Waals surface area contributed by atoms with Gasteiger partial charge in [0.25, 0.3) is 5.91 Å². The van der Waals surface area contributed by atoms with Crippen molar-refractivity contribution in [2.75, 3.05) is 30.4 Å². The van der Waals surface area contributed by atoms with Crippen LogP contribution in [0.25, 0.3) is 11.3 Å². The Morgan fingerprint density at radius 1 is 1.29 bits per heavy atom. The SMILES string of the molecule is COc1ccc(-c2csc(NC(=O)c3cccnc3N3CCCC3)n2)cc1Cl. The highest BCUT2D eigenvalue weighted by atomic mass is 35.5. The highest BCUT2D eigenvalue weighted by molar-refractivity contribution is 7.14. The van der Waals surface area contributed by atoms with Crippen molar-refractivity contribution < 1.29 is 9.53 Å². The summed E-state index contributed by atoms with van der Waals surface area (Å²) in [4.78, 5) is 23.9. The third-order valence-electron chi connectivity index (χ3n) is 4.61. The number of anilines is 2. The minimum Gasteiger partial charge on any atom is -0.495 e. The number of rotatable bonds is 5. The summed E-state index contributed by atoms with van der Waals surface area (Å²) in [7, 11) is 1.58. The van der Waals surface area contributed by atoms with E-state index in [1.165, 1.54) is 11.3 Å². The lowest BCUT2D eigenvalue weighted by Gasteiger charge is -2.19. The Bertz CT molecular complexity index is 1000. The third kappa shape index (κ3) is 3.81. The summed E-state index contributed by atoms with van der Waals surface area (Å²) in [6, 6.07) is 9.06. The Morgan fingerprint density at radius 2 is 2.11 bits per heavy atom. The van der Waals surface area contributed by atoms with Gasteiger partial charge in [-0.25, -0.2) is 9.97 Å². The molecule has 3 aromatic rings. The predicted octanol–water partition coefficient (Wildman–Crippen LogP) is 4.72. The van der Waals surface area contributed by atoms with Gasteiger partial charge >= 0.3 is 0 Å². The molecule has 1 fully saturated rings. The molecule has 28 heavy (non-hydrogen) atoms. The second-order valence-corrected chi connectivity index (χ2v) is 7.68. The first-order chi connectivity index (χ1) is 13.7. The molecule has 0 bridgehead atoms. The lowest BCUT2D eigenvalue weighted by molar-refractivity contribution is 0.102. The number of hydrogen-bond donors (Lipinski definition) is 1. The zero-order chi connectivity index (χ0) is 19.5. The van der Waals surface area contributed by atoms with Crippen molar-refractivity contribution in [1.29, 1.82) is 0 Å². The molecule has 0 unspecified atom stereocenters. The minimum atomic E-state index is -0.205. The molecular formula is C20H19ClN4O2S. The first kappa shape index (κ1) is 18.7. The number of carbonyl (C=O) groups excluding carboxylic acids is 1. The molecule has 3 heterocycles. The fourth-order valence-electron chi connectivity index (χ4n) is 3.21. The second-order valence-electron chi connectivity index (χ2n) is 6.41. The van der Waals surface area contributed by atoms with Gasteiger partial charge in [-0.1, -0.05) is 11.6 Å². The van der Waals surface area contributed by atoms with Gasteiger partial charge in [-0.3, -0.25) is 10.1 Å². The molecule has 1 aliphatic heterocycles. The molecule has 0 atom stereocenters. The van der Waals surface area contributed by atoms with Crippen LogP contribution >= 0.6 is 22.9 Å². The van der Waals surface area contributed by atoms with E-state index in [0.29, 0.717) is 21.5 Å². The summed E-state index contributed by atoms with van der Waals surface area (Å²) < 4.78 is 5.18. The molecule has 1 aliphatic rings. The van der Waals surface area contributed by atoms with Gasteiger partial charge in [0, 0.05) is 30.2 Å². The van der Waals surface area contributed by atoms with E-state index in [-0.39, 0.29) is 5.91 Å². The van der Waals surface area contributed by atoms with E-state index in [1.54, 1.807) is 37.6 Å². The first-order valence-corrected chi connectivity index (χ1v) is 10.2. The van der Waals surface area contributed by atoms with Gasteiger partial charge in [-0.05, 0) is 43.2 Å². The average Bonchev–Trinajstić information content (AvgIpc) is 3.40. The molecule has 0 radical (unpaired) electrons. The van der Waals surface area contributed by atoms with E-state index in [0.717, 1.165) is 43.0 Å². The topological polar surface area (TPSA) is 67.3 Å². The van der Waals surface area contributed by atoms with Crippen molar-refractivity contribution in [3.63, 3.8) is 0 Å². The number of methoxy groups -OCH3 is 1. The van der Waals surface area contributed by atoms with Gasteiger partial charge in [0.05, 0.1) is 23.4 Å². The van der Waals surface area contributed by atoms with E-state index < -0.39 is 0 Å². The zero-order valence-corrected chi connectivity index (χ0v) is 16.9. The summed E-state index contributed by atoms with van der Waals surface area (Å²) in [6.45, 7) is 1.86. The van der Waals surface area contributed by atoms with E-state index in [4.69, 9.17) is 16.3 Å². The van der Waals surface area contributed by atoms with Crippen molar-refractivity contribution >= 4 is 39.8 Å². The van der Waals surface area contributed by atoms with Crippen LogP contribution in [0.4, 0.5) is 10.9 Å². The van der Waals surface area contributed by atoms with Crippen LogP contribution in [0.15, 0.2) is 41.9 Å². The van der Waals surface area contributed by atoms with Crippen LogP contribution in [0.2, 0.25) is 5.02 Å². The standard InChI is InChI=1S/C20H19ClN4O2S/c1-27-17-7-6-13(11-15(17)21)16-12-28-20(23-16)24-19(26)14-5-4-8-22-18(14)25-9-2-3-10-25/h4-8,11-12H,2-3,9-10H2,1H3,(H,23,24,26). The van der Waals surface area contributed by atoms with Crippen molar-refractivity contribution in [3.8, 4) is 17.0 Å². The van der Waals surface area contributed by atoms with E-state index in [1.807, 2.05) is 11.4 Å². The van der Waals surface area contributed by atoms with Crippen LogP contribution in [0.1, 0.15) is 23.2 Å². The number of benzene rings is 1. The Kier molecular flexibility index (Phi) is 5.45. The van der Waals surface area contributed by atoms with Gasteiger partial charge in [0.2, 0.25) is 0 Å². The van der Waals surface area contributed by atoms with Gasteiger partial charge in [-0.2, -0.15) is 0 Å². The maximum atomic E-state index is 12.8. The molecule has 144 valence electrons. The quantitative estimate of drug-likeness (QED) is 0.654. The molecule has 0 aliphatic carbocycles. The van der Waals surface area contributed by atoms with Gasteiger partial charge < -0.3 is 9.64 Å². The maximum Gasteiger partial charge on any atom is 0.261 e. The smallest absolute Gasteiger partial charge is 0.261 e. The van der Waals surface area contributed by atoms with Crippen molar-refractivity contribution in [2.45, 2.75) is 12.8 Å². The van der Waals surface area contributed by atoms with Crippen LogP contribution in [0.5, 0.6) is 5.75 Å². The van der Waals surface area contributed by atoms with Gasteiger partial charge in [-0.15, -0.1) is 11.3 Å². The third-order valence-corrected chi connectivity index (χ3v) is 5.66. The van der Waals surface area contributed by atoms with Gasteiger partial charge in [0.1, 0.15) is 11.6 Å². The zero-order valence-electron chi connectivity index (χ0n) is 15.3. The fourth-order valence-corrected chi connectivity index (χ4v) is 4.18. The highest BCUT2D eigenvalue weighted by Crippen LogP contribution is 2.32. The van der Waals surface area contributed by atoms with E-state index in [9.17, 15) is 4.79 Å². The Hall–Kier alpha value is -2.64. The Labute approximate surface area is 172 Å². The monoisotopic (exact) mass is 414 g/mol. The maximum absolute atomic E-state index is 12.8. The van der Waals surface area contributed by atoms with Gasteiger partial charge in [0.15, 0.2) is 5.13 Å². The summed E-state index contributed by atoms with van der Waals surface area (Å²) in [5, 5.41) is 5.83. The lowest BCUT2D eigenvalue weighted by atomic mass is 10.2. The predicted molar refractivity (Wildman–Crippen MR) is 113 cm³/mol. The molecule has 1 N–H and O–H groups in total. The van der Waals surface area contributed by atoms with Crippen LogP contribution in [-0.4, -0.2) is 36.1 Å². The number of amides is 1. The Balaban J connectivity index is 1.53. The summed E-state index contributed by atoms with van der Waals surface area (Å²) >= 11 is 7.57. The number of aromatic nitrogens is 2. The van der Waals surface area contributed by atoms with Crippen LogP contribution in [-0.2, 0) is 0 Å². The Morgan fingerprint density at radius 3 is 2.86 bits per heavy atom.